The molecule has 0 unspecified atom stereocenters. The molecular formula is C16H12N2O4S. The van der Waals surface area contributed by atoms with Gasteiger partial charge in [0.2, 0.25) is 6.79 Å². The lowest BCUT2D eigenvalue weighted by molar-refractivity contribution is 0.174. The fourth-order valence-electron chi connectivity index (χ4n) is 2.44. The zero-order valence-corrected chi connectivity index (χ0v) is 12.7. The molecule has 6 nitrogen and oxygen atoms in total. The van der Waals surface area contributed by atoms with Crippen LogP contribution in [0.15, 0.2) is 59.6 Å². The van der Waals surface area contributed by atoms with Crippen molar-refractivity contribution >= 4 is 26.6 Å². The molecule has 0 amide bonds. The number of rotatable bonds is 3. The summed E-state index contributed by atoms with van der Waals surface area (Å²) in [6.45, 7) is 0.0985. The highest BCUT2D eigenvalue weighted by Gasteiger charge is 2.21. The van der Waals surface area contributed by atoms with Gasteiger partial charge in [-0.2, -0.15) is 0 Å². The Morgan fingerprint density at radius 3 is 2.78 bits per heavy atom. The molecule has 0 radical (unpaired) electrons. The Morgan fingerprint density at radius 1 is 1.00 bits per heavy atom. The first-order chi connectivity index (χ1) is 11.1. The molecule has 2 aromatic carbocycles. The maximum absolute atomic E-state index is 12.6. The Hall–Kier alpha value is -2.80. The molecule has 0 atom stereocenters. The van der Waals surface area contributed by atoms with Gasteiger partial charge < -0.3 is 9.47 Å². The van der Waals surface area contributed by atoms with Crippen LogP contribution < -0.4 is 14.2 Å². The minimum Gasteiger partial charge on any atom is -0.454 e. The van der Waals surface area contributed by atoms with Crippen molar-refractivity contribution < 1.29 is 17.9 Å². The molecule has 0 aliphatic carbocycles. The minimum absolute atomic E-state index is 0.0985. The van der Waals surface area contributed by atoms with Crippen molar-refractivity contribution in [2.45, 2.75) is 4.90 Å². The number of sulfonamides is 1. The number of nitrogens with one attached hydrogen (secondary N) is 1. The quantitative estimate of drug-likeness (QED) is 0.800. The van der Waals surface area contributed by atoms with Crippen LogP contribution in [0.3, 0.4) is 0 Å². The topological polar surface area (TPSA) is 77.5 Å². The minimum atomic E-state index is -3.74. The van der Waals surface area contributed by atoms with E-state index in [-0.39, 0.29) is 11.7 Å². The van der Waals surface area contributed by atoms with Gasteiger partial charge in [-0.1, -0.05) is 6.07 Å². The van der Waals surface area contributed by atoms with E-state index in [1.54, 1.807) is 30.5 Å². The highest BCUT2D eigenvalue weighted by molar-refractivity contribution is 7.92. The van der Waals surface area contributed by atoms with Crippen LogP contribution >= 0.6 is 0 Å². The van der Waals surface area contributed by atoms with Crippen molar-refractivity contribution in [1.29, 1.82) is 0 Å². The van der Waals surface area contributed by atoms with Crippen molar-refractivity contribution in [2.75, 3.05) is 11.5 Å². The molecule has 23 heavy (non-hydrogen) atoms. The van der Waals surface area contributed by atoms with Crippen LogP contribution in [-0.2, 0) is 10.0 Å². The van der Waals surface area contributed by atoms with Gasteiger partial charge in [0.05, 0.1) is 16.1 Å². The Kier molecular flexibility index (Phi) is 3.09. The molecular weight excluding hydrogens is 316 g/mol. The Balaban J connectivity index is 1.74. The van der Waals surface area contributed by atoms with E-state index in [2.05, 4.69) is 9.71 Å². The zero-order valence-electron chi connectivity index (χ0n) is 11.9. The number of hydrogen-bond acceptors (Lipinski definition) is 5. The molecule has 1 aliphatic rings. The second-order valence-corrected chi connectivity index (χ2v) is 6.68. The van der Waals surface area contributed by atoms with Gasteiger partial charge in [-0.15, -0.1) is 0 Å². The van der Waals surface area contributed by atoms with Gasteiger partial charge in [0.25, 0.3) is 10.0 Å². The lowest BCUT2D eigenvalue weighted by Gasteiger charge is -2.10. The summed E-state index contributed by atoms with van der Waals surface area (Å²) in [6.07, 6.45) is 1.67. The SMILES string of the molecule is O=S(=O)(Nc1cccc2ncccc12)c1ccc2c(c1)OCO2. The third-order valence-corrected chi connectivity index (χ3v) is 4.91. The average Bonchev–Trinajstić information content (AvgIpc) is 3.02. The summed E-state index contributed by atoms with van der Waals surface area (Å²) in [5, 5.41) is 0.735. The Bertz CT molecular complexity index is 997. The monoisotopic (exact) mass is 328 g/mol. The van der Waals surface area contributed by atoms with Crippen LogP contribution in [0.1, 0.15) is 0 Å². The molecule has 3 aromatic rings. The smallest absolute Gasteiger partial charge is 0.262 e. The van der Waals surface area contributed by atoms with E-state index in [0.717, 1.165) is 10.9 Å². The van der Waals surface area contributed by atoms with Crippen molar-refractivity contribution in [3.05, 3.63) is 54.7 Å². The second-order valence-electron chi connectivity index (χ2n) is 5.00. The molecule has 7 heteroatoms. The molecule has 116 valence electrons. The second kappa shape index (κ2) is 5.13. The van der Waals surface area contributed by atoms with Gasteiger partial charge in [0.1, 0.15) is 0 Å². The number of ether oxygens (including phenoxy) is 2. The summed E-state index contributed by atoms with van der Waals surface area (Å²) in [7, 11) is -3.74. The van der Waals surface area contributed by atoms with E-state index in [4.69, 9.17) is 9.47 Å². The lowest BCUT2D eigenvalue weighted by Crippen LogP contribution is -2.13. The van der Waals surface area contributed by atoms with Gasteiger partial charge in [0, 0.05) is 17.6 Å². The van der Waals surface area contributed by atoms with E-state index in [1.165, 1.54) is 12.1 Å². The predicted octanol–water partition coefficient (Wildman–Crippen LogP) is 2.76. The van der Waals surface area contributed by atoms with Crippen molar-refractivity contribution in [3.63, 3.8) is 0 Å². The number of nitrogens with zero attached hydrogens (tertiary/aromatic N) is 1. The molecule has 0 saturated heterocycles. The average molecular weight is 328 g/mol. The molecule has 0 fully saturated rings. The van der Waals surface area contributed by atoms with Crippen LogP contribution in [0.25, 0.3) is 10.9 Å². The molecule has 0 saturated carbocycles. The normalized spacial score (nSPS) is 13.2. The Morgan fingerprint density at radius 2 is 1.87 bits per heavy atom. The van der Waals surface area contributed by atoms with Gasteiger partial charge >= 0.3 is 0 Å². The van der Waals surface area contributed by atoms with Crippen LogP contribution in [0.2, 0.25) is 0 Å². The maximum Gasteiger partial charge on any atom is 0.262 e. The number of aromatic nitrogens is 1. The highest BCUT2D eigenvalue weighted by Crippen LogP contribution is 2.34. The van der Waals surface area contributed by atoms with Crippen LogP contribution in [0, 0.1) is 0 Å². The van der Waals surface area contributed by atoms with Crippen molar-refractivity contribution in [3.8, 4) is 11.5 Å². The van der Waals surface area contributed by atoms with Gasteiger partial charge in [-0.3, -0.25) is 9.71 Å². The van der Waals surface area contributed by atoms with Gasteiger partial charge in [0.15, 0.2) is 11.5 Å². The van der Waals surface area contributed by atoms with E-state index >= 15 is 0 Å². The van der Waals surface area contributed by atoms with Crippen LogP contribution in [-0.4, -0.2) is 20.2 Å². The third-order valence-electron chi connectivity index (χ3n) is 3.54. The molecule has 1 N–H and O–H groups in total. The van der Waals surface area contributed by atoms with Crippen LogP contribution in [0.4, 0.5) is 5.69 Å². The van der Waals surface area contributed by atoms with E-state index in [0.29, 0.717) is 17.2 Å². The zero-order chi connectivity index (χ0) is 15.9. The number of fused-ring (bicyclic) bond motifs is 2. The van der Waals surface area contributed by atoms with Gasteiger partial charge in [-0.05, 0) is 36.4 Å². The molecule has 2 heterocycles. The first kappa shape index (κ1) is 13.8. The molecule has 1 aliphatic heterocycles. The van der Waals surface area contributed by atoms with E-state index in [9.17, 15) is 8.42 Å². The highest BCUT2D eigenvalue weighted by atomic mass is 32.2. The predicted molar refractivity (Wildman–Crippen MR) is 85.1 cm³/mol. The summed E-state index contributed by atoms with van der Waals surface area (Å²) >= 11 is 0. The summed E-state index contributed by atoms with van der Waals surface area (Å²) in [5.74, 6) is 0.964. The standard InChI is InChI=1S/C16H12N2O4S/c19-23(20,11-6-7-15-16(9-11)22-10-21-15)18-14-5-1-4-13-12(14)3-2-8-17-13/h1-9,18H,10H2. The third kappa shape index (κ3) is 2.44. The van der Waals surface area contributed by atoms with E-state index < -0.39 is 10.0 Å². The summed E-state index contributed by atoms with van der Waals surface area (Å²) < 4.78 is 38.3. The molecule has 1 aromatic heterocycles. The van der Waals surface area contributed by atoms with Crippen molar-refractivity contribution in [1.82, 2.24) is 4.98 Å². The number of benzene rings is 2. The van der Waals surface area contributed by atoms with Crippen molar-refractivity contribution in [2.24, 2.45) is 0 Å². The van der Waals surface area contributed by atoms with Crippen LogP contribution in [0.5, 0.6) is 11.5 Å². The van der Waals surface area contributed by atoms with Gasteiger partial charge in [-0.25, -0.2) is 8.42 Å². The Labute approximate surface area is 132 Å². The summed E-state index contributed by atoms with van der Waals surface area (Å²) in [5.41, 5.74) is 1.20. The maximum atomic E-state index is 12.6. The first-order valence-corrected chi connectivity index (χ1v) is 8.38. The molecule has 0 bridgehead atoms. The molecule has 4 rings (SSSR count). The number of anilines is 1. The number of pyridine rings is 1. The fraction of sp³-hybridized carbons (Fsp3) is 0.0625. The van der Waals surface area contributed by atoms with E-state index in [1.807, 2.05) is 12.1 Å². The lowest BCUT2D eigenvalue weighted by atomic mass is 10.2. The summed E-state index contributed by atoms with van der Waals surface area (Å²) in [6, 6.07) is 13.4. The molecule has 0 spiro atoms. The summed E-state index contributed by atoms with van der Waals surface area (Å²) in [4.78, 5) is 4.33. The number of hydrogen-bond donors (Lipinski definition) is 1. The first-order valence-electron chi connectivity index (χ1n) is 6.90. The largest absolute Gasteiger partial charge is 0.454 e. The fourth-order valence-corrected chi connectivity index (χ4v) is 3.53.